The van der Waals surface area contributed by atoms with Crippen molar-refractivity contribution < 1.29 is 4.74 Å². The van der Waals surface area contributed by atoms with Gasteiger partial charge in [-0.05, 0) is 19.5 Å². The van der Waals surface area contributed by atoms with E-state index in [4.69, 9.17) is 4.74 Å². The van der Waals surface area contributed by atoms with E-state index in [0.29, 0.717) is 6.10 Å². The second kappa shape index (κ2) is 7.20. The molecular formula is C12H26N2O. The zero-order chi connectivity index (χ0) is 11.1. The molecule has 1 aliphatic rings. The zero-order valence-corrected chi connectivity index (χ0v) is 10.5. The molecule has 0 aromatic rings. The minimum atomic E-state index is 0.387. The highest BCUT2D eigenvalue weighted by atomic mass is 16.5. The Morgan fingerprint density at radius 1 is 1.40 bits per heavy atom. The predicted octanol–water partition coefficient (Wildman–Crippen LogP) is 1.34. The van der Waals surface area contributed by atoms with Crippen LogP contribution in [0.5, 0.6) is 0 Å². The van der Waals surface area contributed by atoms with Crippen molar-refractivity contribution in [2.24, 2.45) is 5.92 Å². The quantitative estimate of drug-likeness (QED) is 0.722. The molecule has 1 atom stereocenters. The number of nitrogens with zero attached hydrogens (tertiary/aromatic N) is 1. The summed E-state index contributed by atoms with van der Waals surface area (Å²) in [6, 6.07) is 0. The van der Waals surface area contributed by atoms with Crippen LogP contribution in [0.15, 0.2) is 0 Å². The lowest BCUT2D eigenvalue weighted by molar-refractivity contribution is -0.0184. The van der Waals surface area contributed by atoms with Crippen LogP contribution in [-0.2, 0) is 4.74 Å². The summed E-state index contributed by atoms with van der Waals surface area (Å²) < 4.78 is 5.69. The average Bonchev–Trinajstić information content (AvgIpc) is 2.25. The Morgan fingerprint density at radius 2 is 2.13 bits per heavy atom. The van der Waals surface area contributed by atoms with E-state index in [1.54, 1.807) is 0 Å². The number of morpholine rings is 1. The summed E-state index contributed by atoms with van der Waals surface area (Å²) in [7, 11) is 2.16. The summed E-state index contributed by atoms with van der Waals surface area (Å²) >= 11 is 0. The lowest BCUT2D eigenvalue weighted by Gasteiger charge is -2.30. The summed E-state index contributed by atoms with van der Waals surface area (Å²) in [6.45, 7) is 9.69. The van der Waals surface area contributed by atoms with Gasteiger partial charge < -0.3 is 15.0 Å². The topological polar surface area (TPSA) is 24.5 Å². The largest absolute Gasteiger partial charge is 0.374 e. The molecule has 0 spiro atoms. The molecule has 0 aromatic heterocycles. The first kappa shape index (κ1) is 12.9. The molecule has 1 fully saturated rings. The van der Waals surface area contributed by atoms with Gasteiger partial charge in [-0.15, -0.1) is 0 Å². The summed E-state index contributed by atoms with van der Waals surface area (Å²) in [5.74, 6) is 0.825. The number of hydrogen-bond donors (Lipinski definition) is 1. The van der Waals surface area contributed by atoms with Crippen LogP contribution in [0.3, 0.4) is 0 Å². The van der Waals surface area contributed by atoms with Gasteiger partial charge in [-0.25, -0.2) is 0 Å². The SMILES string of the molecule is CCC(CC)CNC[C@H]1CN(C)CCO1. The Bertz CT molecular complexity index is 160. The van der Waals surface area contributed by atoms with Gasteiger partial charge >= 0.3 is 0 Å². The standard InChI is InChI=1S/C12H26N2O/c1-4-11(5-2)8-13-9-12-10-14(3)6-7-15-12/h11-13H,4-10H2,1-3H3/t12-/m0/s1. The van der Waals surface area contributed by atoms with Crippen LogP contribution in [-0.4, -0.2) is 50.8 Å². The molecule has 15 heavy (non-hydrogen) atoms. The second-order valence-electron chi connectivity index (χ2n) is 4.60. The van der Waals surface area contributed by atoms with Gasteiger partial charge in [0.2, 0.25) is 0 Å². The van der Waals surface area contributed by atoms with Gasteiger partial charge in [0, 0.05) is 19.6 Å². The molecule has 1 N–H and O–H groups in total. The fourth-order valence-electron chi connectivity index (χ4n) is 2.02. The van der Waals surface area contributed by atoms with E-state index in [9.17, 15) is 0 Å². The van der Waals surface area contributed by atoms with Crippen LogP contribution < -0.4 is 5.32 Å². The molecule has 0 amide bonds. The van der Waals surface area contributed by atoms with Gasteiger partial charge in [0.25, 0.3) is 0 Å². The third-order valence-corrected chi connectivity index (χ3v) is 3.30. The lowest BCUT2D eigenvalue weighted by Crippen LogP contribution is -2.45. The van der Waals surface area contributed by atoms with Gasteiger partial charge in [-0.3, -0.25) is 0 Å². The number of ether oxygens (including phenoxy) is 1. The molecule has 0 aromatic carbocycles. The van der Waals surface area contributed by atoms with Crippen molar-refractivity contribution in [3.8, 4) is 0 Å². The van der Waals surface area contributed by atoms with Crippen LogP contribution in [0.1, 0.15) is 26.7 Å². The maximum absolute atomic E-state index is 5.69. The van der Waals surface area contributed by atoms with Gasteiger partial charge in [-0.2, -0.15) is 0 Å². The van der Waals surface area contributed by atoms with Crippen LogP contribution in [0.25, 0.3) is 0 Å². The molecule has 3 heteroatoms. The summed E-state index contributed by atoms with van der Waals surface area (Å²) in [6.07, 6.45) is 2.93. The summed E-state index contributed by atoms with van der Waals surface area (Å²) in [5.41, 5.74) is 0. The number of rotatable bonds is 6. The first-order valence-electron chi connectivity index (χ1n) is 6.27. The van der Waals surface area contributed by atoms with Crippen molar-refractivity contribution in [3.05, 3.63) is 0 Å². The Balaban J connectivity index is 2.08. The van der Waals surface area contributed by atoms with Crippen molar-refractivity contribution in [2.75, 3.05) is 39.8 Å². The second-order valence-corrected chi connectivity index (χ2v) is 4.60. The lowest BCUT2D eigenvalue weighted by atomic mass is 10.0. The van der Waals surface area contributed by atoms with Crippen LogP contribution >= 0.6 is 0 Å². The number of likely N-dealkylation sites (N-methyl/N-ethyl adjacent to an activating group) is 1. The first-order valence-corrected chi connectivity index (χ1v) is 6.27. The Labute approximate surface area is 94.2 Å². The van der Waals surface area contributed by atoms with E-state index >= 15 is 0 Å². The normalized spacial score (nSPS) is 23.6. The summed E-state index contributed by atoms with van der Waals surface area (Å²) in [4.78, 5) is 2.34. The van der Waals surface area contributed by atoms with Crippen LogP contribution in [0.2, 0.25) is 0 Å². The van der Waals surface area contributed by atoms with Crippen molar-refractivity contribution in [3.63, 3.8) is 0 Å². The molecule has 1 rings (SSSR count). The molecule has 1 aliphatic heterocycles. The van der Waals surface area contributed by atoms with Gasteiger partial charge in [0.15, 0.2) is 0 Å². The molecule has 1 heterocycles. The predicted molar refractivity (Wildman–Crippen MR) is 64.2 cm³/mol. The first-order chi connectivity index (χ1) is 7.26. The van der Waals surface area contributed by atoms with Crippen molar-refractivity contribution in [2.45, 2.75) is 32.8 Å². The van der Waals surface area contributed by atoms with Crippen molar-refractivity contribution >= 4 is 0 Å². The molecule has 0 aliphatic carbocycles. The van der Waals surface area contributed by atoms with Crippen LogP contribution in [0, 0.1) is 5.92 Å². The Morgan fingerprint density at radius 3 is 2.73 bits per heavy atom. The third kappa shape index (κ3) is 4.96. The molecule has 0 saturated carbocycles. The van der Waals surface area contributed by atoms with Gasteiger partial charge in [-0.1, -0.05) is 26.7 Å². The maximum atomic E-state index is 5.69. The highest BCUT2D eigenvalue weighted by Gasteiger charge is 2.17. The Kier molecular flexibility index (Phi) is 6.22. The number of hydrogen-bond acceptors (Lipinski definition) is 3. The van der Waals surface area contributed by atoms with E-state index < -0.39 is 0 Å². The molecule has 0 bridgehead atoms. The van der Waals surface area contributed by atoms with E-state index in [1.807, 2.05) is 0 Å². The van der Waals surface area contributed by atoms with Crippen molar-refractivity contribution in [1.29, 1.82) is 0 Å². The highest BCUT2D eigenvalue weighted by Crippen LogP contribution is 2.06. The molecular weight excluding hydrogens is 188 g/mol. The smallest absolute Gasteiger partial charge is 0.0826 e. The van der Waals surface area contributed by atoms with Gasteiger partial charge in [0.05, 0.1) is 12.7 Å². The molecule has 0 unspecified atom stereocenters. The third-order valence-electron chi connectivity index (χ3n) is 3.30. The Hall–Kier alpha value is -0.120. The highest BCUT2D eigenvalue weighted by molar-refractivity contribution is 4.71. The van der Waals surface area contributed by atoms with E-state index in [0.717, 1.165) is 38.7 Å². The zero-order valence-electron chi connectivity index (χ0n) is 10.5. The summed E-state index contributed by atoms with van der Waals surface area (Å²) in [5, 5.41) is 3.53. The van der Waals surface area contributed by atoms with E-state index in [2.05, 4.69) is 31.1 Å². The maximum Gasteiger partial charge on any atom is 0.0826 e. The van der Waals surface area contributed by atoms with Gasteiger partial charge in [0.1, 0.15) is 0 Å². The minimum Gasteiger partial charge on any atom is -0.374 e. The fourth-order valence-corrected chi connectivity index (χ4v) is 2.02. The molecule has 3 nitrogen and oxygen atoms in total. The van der Waals surface area contributed by atoms with Crippen molar-refractivity contribution in [1.82, 2.24) is 10.2 Å². The minimum absolute atomic E-state index is 0.387. The van der Waals surface area contributed by atoms with Crippen LogP contribution in [0.4, 0.5) is 0 Å². The van der Waals surface area contributed by atoms with E-state index in [1.165, 1.54) is 12.8 Å². The average molecular weight is 214 g/mol. The molecule has 0 radical (unpaired) electrons. The fraction of sp³-hybridized carbons (Fsp3) is 1.00. The molecule has 90 valence electrons. The number of nitrogens with one attached hydrogen (secondary N) is 1. The monoisotopic (exact) mass is 214 g/mol. The molecule has 1 saturated heterocycles. The van der Waals surface area contributed by atoms with E-state index in [-0.39, 0.29) is 0 Å².